The van der Waals surface area contributed by atoms with Gasteiger partial charge in [-0.05, 0) is 18.2 Å². The number of benzene rings is 1. The number of hydrogen-bond acceptors (Lipinski definition) is 3. The van der Waals surface area contributed by atoms with Gasteiger partial charge in [-0.3, -0.25) is 4.79 Å². The Kier molecular flexibility index (Phi) is 1.92. The molecule has 2 heterocycles. The van der Waals surface area contributed by atoms with Crippen LogP contribution in [0.2, 0.25) is 0 Å². The summed E-state index contributed by atoms with van der Waals surface area (Å²) in [7, 11) is 1.30. The van der Waals surface area contributed by atoms with E-state index in [0.717, 1.165) is 5.69 Å². The molecule has 0 spiro atoms. The minimum absolute atomic E-state index is 0.133. The molecule has 1 aromatic heterocycles. The van der Waals surface area contributed by atoms with Crippen LogP contribution in [0.1, 0.15) is 26.4 Å². The van der Waals surface area contributed by atoms with Gasteiger partial charge in [0.25, 0.3) is 0 Å². The Balaban J connectivity index is 2.26. The molecule has 2 aromatic rings. The Morgan fingerprint density at radius 2 is 2.00 bits per heavy atom. The van der Waals surface area contributed by atoms with Crippen LogP contribution in [0.15, 0.2) is 36.5 Å². The van der Waals surface area contributed by atoms with E-state index in [1.807, 2.05) is 12.1 Å². The van der Waals surface area contributed by atoms with Crippen LogP contribution in [0.5, 0.6) is 0 Å². The van der Waals surface area contributed by atoms with Crippen LogP contribution in [0.3, 0.4) is 0 Å². The number of carbonyl (C=O) groups is 2. The molecule has 3 rings (SSSR count). The lowest BCUT2D eigenvalue weighted by Crippen LogP contribution is -2.07. The third-order valence-electron chi connectivity index (χ3n) is 2.91. The van der Waals surface area contributed by atoms with Crippen molar-refractivity contribution in [3.05, 3.63) is 53.3 Å². The van der Waals surface area contributed by atoms with Gasteiger partial charge in [0.2, 0.25) is 5.78 Å². The summed E-state index contributed by atoms with van der Waals surface area (Å²) in [6.07, 6.45) is 1.71. The van der Waals surface area contributed by atoms with Crippen molar-refractivity contribution in [2.45, 2.75) is 0 Å². The van der Waals surface area contributed by atoms with E-state index in [1.165, 1.54) is 7.11 Å². The molecule has 0 fully saturated rings. The average molecular weight is 227 g/mol. The molecule has 0 atom stereocenters. The number of para-hydroxylation sites is 1. The molecule has 4 nitrogen and oxygen atoms in total. The number of esters is 1. The third kappa shape index (κ3) is 1.18. The zero-order chi connectivity index (χ0) is 12.0. The smallest absolute Gasteiger partial charge is 0.340 e. The highest BCUT2D eigenvalue weighted by Crippen LogP contribution is 2.30. The van der Waals surface area contributed by atoms with Crippen molar-refractivity contribution in [2.75, 3.05) is 7.11 Å². The zero-order valence-corrected chi connectivity index (χ0v) is 9.14. The molecule has 0 amide bonds. The van der Waals surface area contributed by atoms with Crippen LogP contribution >= 0.6 is 0 Å². The zero-order valence-electron chi connectivity index (χ0n) is 9.14. The van der Waals surface area contributed by atoms with E-state index in [-0.39, 0.29) is 5.78 Å². The Bertz CT molecular complexity index is 640. The van der Waals surface area contributed by atoms with Gasteiger partial charge in [-0.15, -0.1) is 0 Å². The Morgan fingerprint density at radius 3 is 2.76 bits per heavy atom. The summed E-state index contributed by atoms with van der Waals surface area (Å²) in [4.78, 5) is 23.7. The fraction of sp³-hybridized carbons (Fsp3) is 0.0769. The monoisotopic (exact) mass is 227 g/mol. The molecule has 4 heteroatoms. The van der Waals surface area contributed by atoms with Gasteiger partial charge >= 0.3 is 5.97 Å². The van der Waals surface area contributed by atoms with Gasteiger partial charge in [0.1, 0.15) is 5.69 Å². The van der Waals surface area contributed by atoms with Gasteiger partial charge in [-0.25, -0.2) is 4.79 Å². The largest absolute Gasteiger partial charge is 0.465 e. The maximum Gasteiger partial charge on any atom is 0.340 e. The maximum atomic E-state index is 12.2. The number of hydrogen-bond donors (Lipinski definition) is 0. The first-order valence-corrected chi connectivity index (χ1v) is 5.18. The summed E-state index contributed by atoms with van der Waals surface area (Å²) in [5, 5.41) is 0. The summed E-state index contributed by atoms with van der Waals surface area (Å²) in [6.45, 7) is 0. The number of ether oxygens (including phenoxy) is 1. The van der Waals surface area contributed by atoms with Crippen LogP contribution in [-0.4, -0.2) is 23.4 Å². The van der Waals surface area contributed by atoms with Crippen LogP contribution in [0, 0.1) is 0 Å². The highest BCUT2D eigenvalue weighted by atomic mass is 16.5. The number of nitrogens with zero attached hydrogens (tertiary/aromatic N) is 1. The number of aromatic nitrogens is 1. The molecule has 84 valence electrons. The molecular weight excluding hydrogens is 218 g/mol. The summed E-state index contributed by atoms with van der Waals surface area (Å²) < 4.78 is 6.39. The molecule has 0 bridgehead atoms. The van der Waals surface area contributed by atoms with Crippen molar-refractivity contribution >= 4 is 11.8 Å². The highest BCUT2D eigenvalue weighted by molar-refractivity contribution is 6.18. The van der Waals surface area contributed by atoms with Crippen molar-refractivity contribution in [1.29, 1.82) is 0 Å². The van der Waals surface area contributed by atoms with Crippen LogP contribution in [0.4, 0.5) is 0 Å². The Morgan fingerprint density at radius 1 is 1.24 bits per heavy atom. The second-order valence-corrected chi connectivity index (χ2v) is 3.79. The van der Waals surface area contributed by atoms with E-state index >= 15 is 0 Å². The van der Waals surface area contributed by atoms with E-state index in [9.17, 15) is 9.59 Å². The van der Waals surface area contributed by atoms with Crippen molar-refractivity contribution in [3.63, 3.8) is 0 Å². The summed E-state index contributed by atoms with van der Waals surface area (Å²) in [5.74, 6) is -0.620. The minimum Gasteiger partial charge on any atom is -0.465 e. The quantitative estimate of drug-likeness (QED) is 0.596. The van der Waals surface area contributed by atoms with Gasteiger partial charge in [0.05, 0.1) is 18.4 Å². The SMILES string of the molecule is COC(=O)c1ccn2c1C(=O)c1ccccc1-2. The van der Waals surface area contributed by atoms with Crippen LogP contribution in [0.25, 0.3) is 5.69 Å². The van der Waals surface area contributed by atoms with Crippen LogP contribution in [-0.2, 0) is 4.74 Å². The third-order valence-corrected chi connectivity index (χ3v) is 2.91. The lowest BCUT2D eigenvalue weighted by Gasteiger charge is -1.99. The van der Waals surface area contributed by atoms with E-state index in [4.69, 9.17) is 0 Å². The van der Waals surface area contributed by atoms with Gasteiger partial charge in [0, 0.05) is 11.8 Å². The predicted octanol–water partition coefficient (Wildman–Crippen LogP) is 1.81. The van der Waals surface area contributed by atoms with Gasteiger partial charge in [0.15, 0.2) is 0 Å². The second kappa shape index (κ2) is 3.31. The Hall–Kier alpha value is -2.36. The van der Waals surface area contributed by atoms with Crippen molar-refractivity contribution in [2.24, 2.45) is 0 Å². The van der Waals surface area contributed by atoms with Crippen molar-refractivity contribution in [1.82, 2.24) is 4.57 Å². The number of ketones is 1. The lowest BCUT2D eigenvalue weighted by molar-refractivity contribution is 0.0597. The molecule has 1 aromatic carbocycles. The summed E-state index contributed by atoms with van der Waals surface area (Å²) >= 11 is 0. The fourth-order valence-electron chi connectivity index (χ4n) is 2.14. The summed E-state index contributed by atoms with van der Waals surface area (Å²) in [5.41, 5.74) is 2.13. The van der Waals surface area contributed by atoms with Gasteiger partial charge < -0.3 is 9.30 Å². The number of methoxy groups -OCH3 is 1. The number of fused-ring (bicyclic) bond motifs is 3. The highest BCUT2D eigenvalue weighted by Gasteiger charge is 2.31. The summed E-state index contributed by atoms with van der Waals surface area (Å²) in [6, 6.07) is 8.88. The lowest BCUT2D eigenvalue weighted by atomic mass is 10.1. The molecular formula is C13H9NO3. The minimum atomic E-state index is -0.486. The van der Waals surface area contributed by atoms with Crippen molar-refractivity contribution < 1.29 is 14.3 Å². The standard InChI is InChI=1S/C13H9NO3/c1-17-13(16)9-6-7-14-10-5-3-2-4-8(10)12(15)11(9)14/h2-7H,1H3. The molecule has 0 saturated carbocycles. The first-order valence-electron chi connectivity index (χ1n) is 5.18. The van der Waals surface area contributed by atoms with Crippen LogP contribution < -0.4 is 0 Å². The predicted molar refractivity (Wildman–Crippen MR) is 60.5 cm³/mol. The molecule has 17 heavy (non-hydrogen) atoms. The molecule has 1 aliphatic rings. The Labute approximate surface area is 97.4 Å². The first kappa shape index (κ1) is 9.84. The molecule has 0 unspecified atom stereocenters. The molecule has 1 aliphatic heterocycles. The molecule has 0 aliphatic carbocycles. The van der Waals surface area contributed by atoms with E-state index < -0.39 is 5.97 Å². The van der Waals surface area contributed by atoms with E-state index in [0.29, 0.717) is 16.8 Å². The topological polar surface area (TPSA) is 48.3 Å². The van der Waals surface area contributed by atoms with Gasteiger partial charge in [-0.1, -0.05) is 12.1 Å². The number of rotatable bonds is 1. The molecule has 0 radical (unpaired) electrons. The van der Waals surface area contributed by atoms with Gasteiger partial charge in [-0.2, -0.15) is 0 Å². The number of carbonyl (C=O) groups excluding carboxylic acids is 2. The molecule has 0 N–H and O–H groups in total. The van der Waals surface area contributed by atoms with E-state index in [2.05, 4.69) is 4.74 Å². The maximum absolute atomic E-state index is 12.2. The van der Waals surface area contributed by atoms with E-state index in [1.54, 1.807) is 29.0 Å². The first-order chi connectivity index (χ1) is 8.24. The fourth-order valence-corrected chi connectivity index (χ4v) is 2.14. The van der Waals surface area contributed by atoms with Crippen molar-refractivity contribution in [3.8, 4) is 5.69 Å². The normalized spacial score (nSPS) is 12.2. The second-order valence-electron chi connectivity index (χ2n) is 3.79. The average Bonchev–Trinajstić information content (AvgIpc) is 2.91. The molecule has 0 saturated heterocycles.